The summed E-state index contributed by atoms with van der Waals surface area (Å²) in [4.78, 5) is 36.1. The lowest BCUT2D eigenvalue weighted by Crippen LogP contribution is -2.45. The second-order valence-electron chi connectivity index (χ2n) is 7.07. The Kier molecular flexibility index (Phi) is 12.6. The SMILES string of the molecule is COC(=O)[C@H](CCCCCCI)C[C@H](NC(=O)OC(C)(C)C)C(=O)OC. The van der Waals surface area contributed by atoms with Gasteiger partial charge < -0.3 is 19.5 Å². The summed E-state index contributed by atoms with van der Waals surface area (Å²) in [6.45, 7) is 5.19. The van der Waals surface area contributed by atoms with Crippen LogP contribution < -0.4 is 5.32 Å². The molecule has 0 heterocycles. The zero-order valence-electron chi connectivity index (χ0n) is 16.4. The molecule has 0 aromatic rings. The smallest absolute Gasteiger partial charge is 0.408 e. The predicted octanol–water partition coefficient (Wildman–Crippen LogP) is 3.62. The number of halogens is 1. The fourth-order valence-electron chi connectivity index (χ4n) is 2.43. The molecule has 26 heavy (non-hydrogen) atoms. The Balaban J connectivity index is 4.88. The minimum atomic E-state index is -0.965. The molecule has 0 aliphatic rings. The van der Waals surface area contributed by atoms with Crippen LogP contribution in [0, 0.1) is 5.92 Å². The van der Waals surface area contributed by atoms with E-state index in [2.05, 4.69) is 27.9 Å². The van der Waals surface area contributed by atoms with Crippen molar-refractivity contribution in [2.24, 2.45) is 5.92 Å². The van der Waals surface area contributed by atoms with Crippen LogP contribution >= 0.6 is 22.6 Å². The van der Waals surface area contributed by atoms with Crippen LogP contribution in [0.25, 0.3) is 0 Å². The summed E-state index contributed by atoms with van der Waals surface area (Å²) in [7, 11) is 2.56. The van der Waals surface area contributed by atoms with Gasteiger partial charge in [-0.15, -0.1) is 0 Å². The third-order valence-corrected chi connectivity index (χ3v) is 4.43. The van der Waals surface area contributed by atoms with Crippen molar-refractivity contribution in [2.75, 3.05) is 18.6 Å². The Labute approximate surface area is 170 Å². The first-order valence-corrected chi connectivity index (χ1v) is 10.4. The first-order valence-electron chi connectivity index (χ1n) is 8.85. The van der Waals surface area contributed by atoms with Gasteiger partial charge in [-0.2, -0.15) is 0 Å². The van der Waals surface area contributed by atoms with E-state index in [9.17, 15) is 14.4 Å². The van der Waals surface area contributed by atoms with Gasteiger partial charge in [0.25, 0.3) is 0 Å². The van der Waals surface area contributed by atoms with E-state index in [0.29, 0.717) is 6.42 Å². The van der Waals surface area contributed by atoms with Crippen LogP contribution in [0.3, 0.4) is 0 Å². The fraction of sp³-hybridized carbons (Fsp3) is 0.833. The number of hydrogen-bond acceptors (Lipinski definition) is 6. The van der Waals surface area contributed by atoms with E-state index in [1.165, 1.54) is 14.2 Å². The molecule has 0 bridgehead atoms. The molecule has 0 saturated carbocycles. The van der Waals surface area contributed by atoms with Crippen LogP contribution in [-0.2, 0) is 23.8 Å². The Bertz CT molecular complexity index is 449. The maximum absolute atomic E-state index is 12.1. The summed E-state index contributed by atoms with van der Waals surface area (Å²) in [5.74, 6) is -1.49. The van der Waals surface area contributed by atoms with Crippen molar-refractivity contribution in [1.29, 1.82) is 0 Å². The Morgan fingerprint density at radius 3 is 2.04 bits per heavy atom. The number of methoxy groups -OCH3 is 2. The number of nitrogens with one attached hydrogen (secondary N) is 1. The highest BCUT2D eigenvalue weighted by atomic mass is 127. The molecule has 0 fully saturated rings. The standard InChI is InChI=1S/C18H32INO6/c1-18(2,3)26-17(23)20-14(16(22)25-5)12-13(15(21)24-4)10-8-6-7-9-11-19/h13-14H,6-12H2,1-5H3,(H,20,23)/t13-,14+/m1/s1. The molecule has 0 aliphatic carbocycles. The van der Waals surface area contributed by atoms with Crippen molar-refractivity contribution in [3.05, 3.63) is 0 Å². The Morgan fingerprint density at radius 1 is 0.962 bits per heavy atom. The molecule has 7 nitrogen and oxygen atoms in total. The minimum Gasteiger partial charge on any atom is -0.469 e. The average molecular weight is 485 g/mol. The van der Waals surface area contributed by atoms with Crippen molar-refractivity contribution in [1.82, 2.24) is 5.32 Å². The zero-order valence-corrected chi connectivity index (χ0v) is 18.6. The van der Waals surface area contributed by atoms with Gasteiger partial charge in [0.1, 0.15) is 11.6 Å². The molecule has 0 unspecified atom stereocenters. The van der Waals surface area contributed by atoms with Crippen molar-refractivity contribution < 1.29 is 28.6 Å². The maximum Gasteiger partial charge on any atom is 0.408 e. The summed E-state index contributed by atoms with van der Waals surface area (Å²) in [6.07, 6.45) is 4.11. The van der Waals surface area contributed by atoms with Crippen LogP contribution in [0.2, 0.25) is 0 Å². The fourth-order valence-corrected chi connectivity index (χ4v) is 2.97. The highest BCUT2D eigenvalue weighted by molar-refractivity contribution is 14.1. The summed E-state index contributed by atoms with van der Waals surface area (Å²) in [5.41, 5.74) is -0.689. The summed E-state index contributed by atoms with van der Waals surface area (Å²) in [5, 5.41) is 2.50. The molecule has 1 amide bonds. The van der Waals surface area contributed by atoms with E-state index in [1.54, 1.807) is 20.8 Å². The molecule has 8 heteroatoms. The molecule has 0 aromatic carbocycles. The van der Waals surface area contributed by atoms with Gasteiger partial charge in [0.2, 0.25) is 0 Å². The van der Waals surface area contributed by atoms with Crippen LogP contribution in [0.4, 0.5) is 4.79 Å². The van der Waals surface area contributed by atoms with Crippen LogP contribution in [0.15, 0.2) is 0 Å². The van der Waals surface area contributed by atoms with Crippen molar-refractivity contribution in [2.45, 2.75) is 70.9 Å². The minimum absolute atomic E-state index is 0.116. The van der Waals surface area contributed by atoms with Gasteiger partial charge in [-0.1, -0.05) is 41.9 Å². The number of esters is 2. The molecular formula is C18H32INO6. The lowest BCUT2D eigenvalue weighted by Gasteiger charge is -2.24. The van der Waals surface area contributed by atoms with E-state index in [4.69, 9.17) is 14.2 Å². The molecule has 0 saturated heterocycles. The molecule has 0 radical (unpaired) electrons. The lowest BCUT2D eigenvalue weighted by atomic mass is 9.93. The quantitative estimate of drug-likeness (QED) is 0.158. The first kappa shape index (κ1) is 24.9. The molecule has 0 aromatic heterocycles. The maximum atomic E-state index is 12.1. The van der Waals surface area contributed by atoms with E-state index < -0.39 is 35.6 Å². The number of alkyl carbamates (subject to hydrolysis) is 1. The average Bonchev–Trinajstić information content (AvgIpc) is 2.56. The largest absolute Gasteiger partial charge is 0.469 e. The van der Waals surface area contributed by atoms with E-state index >= 15 is 0 Å². The van der Waals surface area contributed by atoms with Gasteiger partial charge >= 0.3 is 18.0 Å². The number of ether oxygens (including phenoxy) is 3. The van der Waals surface area contributed by atoms with Gasteiger partial charge in [0, 0.05) is 0 Å². The monoisotopic (exact) mass is 485 g/mol. The van der Waals surface area contributed by atoms with Gasteiger partial charge in [0.15, 0.2) is 0 Å². The van der Waals surface area contributed by atoms with Gasteiger partial charge in [-0.3, -0.25) is 4.79 Å². The lowest BCUT2D eigenvalue weighted by molar-refractivity contribution is -0.148. The van der Waals surface area contributed by atoms with Crippen LogP contribution in [0.5, 0.6) is 0 Å². The van der Waals surface area contributed by atoms with E-state index in [0.717, 1.165) is 30.1 Å². The number of amides is 1. The topological polar surface area (TPSA) is 90.9 Å². The Hall–Kier alpha value is -1.06. The number of carbonyl (C=O) groups is 3. The normalized spacial score (nSPS) is 13.5. The third-order valence-electron chi connectivity index (χ3n) is 3.67. The van der Waals surface area contributed by atoms with Gasteiger partial charge in [-0.25, -0.2) is 9.59 Å². The summed E-state index contributed by atoms with van der Waals surface area (Å²) in [6, 6.07) is -0.965. The molecule has 152 valence electrons. The number of hydrogen-bond donors (Lipinski definition) is 1. The van der Waals surface area contributed by atoms with Crippen LogP contribution in [0.1, 0.15) is 59.3 Å². The molecule has 0 spiro atoms. The molecule has 0 rings (SSSR count). The summed E-state index contributed by atoms with van der Waals surface area (Å²) < 4.78 is 15.9. The predicted molar refractivity (Wildman–Crippen MR) is 107 cm³/mol. The number of carbonyl (C=O) groups excluding carboxylic acids is 3. The van der Waals surface area contributed by atoms with Gasteiger partial charge in [0.05, 0.1) is 20.1 Å². The van der Waals surface area contributed by atoms with Crippen LogP contribution in [-0.4, -0.2) is 48.3 Å². The number of unbranched alkanes of at least 4 members (excludes halogenated alkanes) is 3. The third kappa shape index (κ3) is 11.5. The van der Waals surface area contributed by atoms with E-state index in [1.807, 2.05) is 0 Å². The van der Waals surface area contributed by atoms with Crippen molar-refractivity contribution in [3.8, 4) is 0 Å². The number of alkyl halides is 1. The second-order valence-corrected chi connectivity index (χ2v) is 8.15. The number of rotatable bonds is 11. The van der Waals surface area contributed by atoms with E-state index in [-0.39, 0.29) is 6.42 Å². The summed E-state index contributed by atoms with van der Waals surface area (Å²) >= 11 is 2.34. The molecule has 2 atom stereocenters. The van der Waals surface area contributed by atoms with Gasteiger partial charge in [-0.05, 0) is 44.5 Å². The molecule has 1 N–H and O–H groups in total. The zero-order chi connectivity index (χ0) is 20.2. The molecule has 0 aliphatic heterocycles. The first-order chi connectivity index (χ1) is 12.1. The Morgan fingerprint density at radius 2 is 1.54 bits per heavy atom. The highest BCUT2D eigenvalue weighted by Crippen LogP contribution is 2.19. The highest BCUT2D eigenvalue weighted by Gasteiger charge is 2.31. The second kappa shape index (κ2) is 13.2. The van der Waals surface area contributed by atoms with Crippen molar-refractivity contribution >= 4 is 40.6 Å². The van der Waals surface area contributed by atoms with Crippen molar-refractivity contribution in [3.63, 3.8) is 0 Å². The molecular weight excluding hydrogens is 453 g/mol.